The monoisotopic (exact) mass is 374 g/mol. The molecule has 8 nitrogen and oxygen atoms in total. The Balaban J connectivity index is 1.85. The maximum absolute atomic E-state index is 13.1. The van der Waals surface area contributed by atoms with E-state index >= 15 is 0 Å². The molecule has 2 fully saturated rings. The molecule has 3 aliphatic heterocycles. The molecule has 0 aliphatic carbocycles. The van der Waals surface area contributed by atoms with E-state index < -0.39 is 29.5 Å². The van der Waals surface area contributed by atoms with Crippen LogP contribution in [0.1, 0.15) is 31.9 Å². The molecule has 3 aliphatic rings. The van der Waals surface area contributed by atoms with Crippen LogP contribution < -0.4 is 9.47 Å². The fourth-order valence-corrected chi connectivity index (χ4v) is 4.43. The van der Waals surface area contributed by atoms with Crippen LogP contribution in [0.3, 0.4) is 0 Å². The number of benzene rings is 1. The lowest BCUT2D eigenvalue weighted by Gasteiger charge is -2.42. The van der Waals surface area contributed by atoms with Gasteiger partial charge in [-0.2, -0.15) is 0 Å². The topological polar surface area (TPSA) is 85.4 Å². The first kappa shape index (κ1) is 17.6. The number of carbonyl (C=O) groups is 3. The van der Waals surface area contributed by atoms with Crippen molar-refractivity contribution in [1.29, 1.82) is 0 Å². The summed E-state index contributed by atoms with van der Waals surface area (Å²) in [5, 5.41) is 0. The van der Waals surface area contributed by atoms with E-state index in [-0.39, 0.29) is 25.0 Å². The molecule has 4 rings (SSSR count). The molecule has 3 heterocycles. The first-order valence-electron chi connectivity index (χ1n) is 8.86. The Morgan fingerprint density at radius 3 is 2.63 bits per heavy atom. The predicted molar refractivity (Wildman–Crippen MR) is 92.9 cm³/mol. The molecule has 2 amide bonds. The smallest absolute Gasteiger partial charge is 0.314 e. The lowest BCUT2D eigenvalue weighted by atomic mass is 9.78. The molecule has 1 aromatic rings. The Bertz CT molecular complexity index is 839. The van der Waals surface area contributed by atoms with Crippen LogP contribution in [0, 0.1) is 5.41 Å². The normalized spacial score (nSPS) is 31.9. The number of hydrogen-bond donors (Lipinski definition) is 0. The second-order valence-corrected chi connectivity index (χ2v) is 7.51. The highest BCUT2D eigenvalue weighted by Crippen LogP contribution is 2.53. The van der Waals surface area contributed by atoms with Gasteiger partial charge in [-0.1, -0.05) is 6.07 Å². The van der Waals surface area contributed by atoms with Crippen molar-refractivity contribution in [3.63, 3.8) is 0 Å². The van der Waals surface area contributed by atoms with Gasteiger partial charge in [-0.05, 0) is 38.0 Å². The number of amides is 2. The summed E-state index contributed by atoms with van der Waals surface area (Å²) in [6.45, 7) is 3.57. The summed E-state index contributed by atoms with van der Waals surface area (Å²) >= 11 is 0. The molecule has 2 saturated heterocycles. The number of hydrogen-bond acceptors (Lipinski definition) is 6. The Morgan fingerprint density at radius 1 is 1.22 bits per heavy atom. The van der Waals surface area contributed by atoms with Gasteiger partial charge in [-0.15, -0.1) is 0 Å². The van der Waals surface area contributed by atoms with Crippen molar-refractivity contribution in [3.8, 4) is 11.5 Å². The van der Waals surface area contributed by atoms with Crippen LogP contribution in [0.5, 0.6) is 11.5 Å². The molecule has 0 spiro atoms. The summed E-state index contributed by atoms with van der Waals surface area (Å²) in [5.41, 5.74) is -0.337. The van der Waals surface area contributed by atoms with Crippen LogP contribution in [-0.4, -0.2) is 60.6 Å². The van der Waals surface area contributed by atoms with E-state index in [1.54, 1.807) is 37.9 Å². The van der Waals surface area contributed by atoms with Crippen LogP contribution in [-0.2, 0) is 19.1 Å². The van der Waals surface area contributed by atoms with E-state index in [9.17, 15) is 14.4 Å². The highest BCUT2D eigenvalue weighted by Gasteiger charge is 2.61. The summed E-state index contributed by atoms with van der Waals surface area (Å²) in [6.07, 6.45) is 0.209. The molecule has 4 atom stereocenters. The van der Waals surface area contributed by atoms with Gasteiger partial charge in [0.2, 0.25) is 18.6 Å². The number of carbonyl (C=O) groups excluding carboxylic acids is 3. The number of nitrogens with zero attached hydrogens (tertiary/aromatic N) is 2. The van der Waals surface area contributed by atoms with Crippen molar-refractivity contribution >= 4 is 17.8 Å². The summed E-state index contributed by atoms with van der Waals surface area (Å²) in [7, 11) is 2.94. The molecular formula is C19H22N2O6. The average Bonchev–Trinajstić information content (AvgIpc) is 3.26. The maximum Gasteiger partial charge on any atom is 0.314 e. The third-order valence-corrected chi connectivity index (χ3v) is 6.02. The number of rotatable bonds is 2. The molecule has 0 saturated carbocycles. The fourth-order valence-electron chi connectivity index (χ4n) is 4.43. The molecule has 8 heteroatoms. The minimum absolute atomic E-state index is 0.128. The summed E-state index contributed by atoms with van der Waals surface area (Å²) < 4.78 is 15.9. The lowest BCUT2D eigenvalue weighted by Crippen LogP contribution is -2.60. The van der Waals surface area contributed by atoms with Crippen LogP contribution in [0.25, 0.3) is 0 Å². The molecule has 0 aromatic heterocycles. The summed E-state index contributed by atoms with van der Waals surface area (Å²) in [5.74, 6) is 0.375. The Morgan fingerprint density at radius 2 is 1.93 bits per heavy atom. The van der Waals surface area contributed by atoms with E-state index in [0.717, 1.165) is 0 Å². The first-order valence-corrected chi connectivity index (χ1v) is 8.86. The molecule has 1 aromatic carbocycles. The molecule has 0 bridgehead atoms. The van der Waals surface area contributed by atoms with Crippen molar-refractivity contribution in [2.75, 3.05) is 21.0 Å². The second-order valence-electron chi connectivity index (χ2n) is 7.51. The number of methoxy groups -OCH3 is 1. The van der Waals surface area contributed by atoms with E-state index in [4.69, 9.17) is 14.2 Å². The second kappa shape index (κ2) is 5.87. The Kier molecular flexibility index (Phi) is 3.83. The standard InChI is InChI=1S/C19H22N2O6/c1-10-16(22)21-12(17(23)20(10)3)8-19(2,18(24)25-4)15(21)11-5-6-13-14(7-11)27-9-26-13/h5-7,10,12,15H,8-9H2,1-4H3/t10-,12+,15?,19+/m1/s1. The zero-order valence-corrected chi connectivity index (χ0v) is 15.7. The Labute approximate surface area is 157 Å². The molecule has 1 unspecified atom stereocenters. The molecule has 0 radical (unpaired) electrons. The van der Waals surface area contributed by atoms with Gasteiger partial charge in [0.05, 0.1) is 18.6 Å². The average molecular weight is 374 g/mol. The van der Waals surface area contributed by atoms with Crippen LogP contribution in [0.2, 0.25) is 0 Å². The highest BCUT2D eigenvalue weighted by molar-refractivity contribution is 5.99. The SMILES string of the molecule is COC(=O)[C@@]1(C)C[C@H]2C(=O)N(C)[C@H](C)C(=O)N2C1c1ccc2c(c1)OCO2. The minimum Gasteiger partial charge on any atom is -0.469 e. The van der Waals surface area contributed by atoms with Gasteiger partial charge in [-0.3, -0.25) is 14.4 Å². The van der Waals surface area contributed by atoms with Crippen LogP contribution >= 0.6 is 0 Å². The van der Waals surface area contributed by atoms with Gasteiger partial charge in [0.15, 0.2) is 11.5 Å². The summed E-state index contributed by atoms with van der Waals surface area (Å²) in [4.78, 5) is 41.7. The fraction of sp³-hybridized carbons (Fsp3) is 0.526. The van der Waals surface area contributed by atoms with Gasteiger partial charge < -0.3 is 24.0 Å². The van der Waals surface area contributed by atoms with E-state index in [1.807, 2.05) is 6.07 Å². The van der Waals surface area contributed by atoms with Gasteiger partial charge in [0.1, 0.15) is 12.1 Å². The molecule has 27 heavy (non-hydrogen) atoms. The minimum atomic E-state index is -1.05. The van der Waals surface area contributed by atoms with Crippen molar-refractivity contribution in [3.05, 3.63) is 23.8 Å². The quantitative estimate of drug-likeness (QED) is 0.721. The largest absolute Gasteiger partial charge is 0.469 e. The van der Waals surface area contributed by atoms with Gasteiger partial charge in [0, 0.05) is 7.05 Å². The first-order chi connectivity index (χ1) is 12.8. The third-order valence-electron chi connectivity index (χ3n) is 6.02. The number of ether oxygens (including phenoxy) is 3. The maximum atomic E-state index is 13.1. The molecular weight excluding hydrogens is 352 g/mol. The summed E-state index contributed by atoms with van der Waals surface area (Å²) in [6, 6.07) is 3.43. The van der Waals surface area contributed by atoms with Gasteiger partial charge in [-0.25, -0.2) is 0 Å². The van der Waals surface area contributed by atoms with Crippen molar-refractivity contribution in [1.82, 2.24) is 9.80 Å². The third kappa shape index (κ3) is 2.32. The predicted octanol–water partition coefficient (Wildman–Crippen LogP) is 1.10. The van der Waals surface area contributed by atoms with Crippen molar-refractivity contribution < 1.29 is 28.6 Å². The highest BCUT2D eigenvalue weighted by atomic mass is 16.7. The van der Waals surface area contributed by atoms with Gasteiger partial charge >= 0.3 is 5.97 Å². The van der Waals surface area contributed by atoms with E-state index in [2.05, 4.69) is 0 Å². The van der Waals surface area contributed by atoms with Crippen LogP contribution in [0.4, 0.5) is 0 Å². The van der Waals surface area contributed by atoms with Crippen LogP contribution in [0.15, 0.2) is 18.2 Å². The zero-order valence-electron chi connectivity index (χ0n) is 15.7. The molecule has 0 N–H and O–H groups in total. The van der Waals surface area contributed by atoms with Crippen molar-refractivity contribution in [2.45, 2.75) is 38.4 Å². The number of fused-ring (bicyclic) bond motifs is 2. The van der Waals surface area contributed by atoms with E-state index in [0.29, 0.717) is 17.1 Å². The molecule has 144 valence electrons. The zero-order chi connectivity index (χ0) is 19.5. The number of esters is 1. The van der Waals surface area contributed by atoms with E-state index in [1.165, 1.54) is 12.0 Å². The number of likely N-dealkylation sites (N-methyl/N-ethyl adjacent to an activating group) is 1. The van der Waals surface area contributed by atoms with Crippen molar-refractivity contribution in [2.24, 2.45) is 5.41 Å². The van der Waals surface area contributed by atoms with Gasteiger partial charge in [0.25, 0.3) is 0 Å². The Hall–Kier alpha value is -2.77. The number of piperazine rings is 1. The lowest BCUT2D eigenvalue weighted by molar-refractivity contribution is -0.160.